The average molecular weight is 247 g/mol. The summed E-state index contributed by atoms with van der Waals surface area (Å²) in [5.41, 5.74) is 2.52. The van der Waals surface area contributed by atoms with Gasteiger partial charge in [0, 0.05) is 12.1 Å². The lowest BCUT2D eigenvalue weighted by atomic mass is 10.0. The number of benzene rings is 1. The molecule has 1 aromatic carbocycles. The number of carbonyl (C=O) groups is 1. The van der Waals surface area contributed by atoms with Crippen LogP contribution in [0.5, 0.6) is 0 Å². The molecular formula is C15H21NO2. The minimum absolute atomic E-state index is 0.110. The molecule has 3 nitrogen and oxygen atoms in total. The summed E-state index contributed by atoms with van der Waals surface area (Å²) in [4.78, 5) is 13.4. The van der Waals surface area contributed by atoms with E-state index in [0.29, 0.717) is 0 Å². The topological polar surface area (TPSA) is 40.5 Å². The van der Waals surface area contributed by atoms with E-state index in [-0.39, 0.29) is 18.0 Å². The van der Waals surface area contributed by atoms with E-state index < -0.39 is 5.97 Å². The Morgan fingerprint density at radius 3 is 2.50 bits per heavy atom. The van der Waals surface area contributed by atoms with E-state index in [1.807, 2.05) is 6.92 Å². The van der Waals surface area contributed by atoms with Gasteiger partial charge < -0.3 is 5.11 Å². The third kappa shape index (κ3) is 2.41. The van der Waals surface area contributed by atoms with Crippen LogP contribution < -0.4 is 0 Å². The molecule has 1 aliphatic heterocycles. The van der Waals surface area contributed by atoms with Crippen LogP contribution in [-0.4, -0.2) is 28.6 Å². The van der Waals surface area contributed by atoms with Gasteiger partial charge in [0.2, 0.25) is 0 Å². The van der Waals surface area contributed by atoms with Gasteiger partial charge >= 0.3 is 5.97 Å². The van der Waals surface area contributed by atoms with E-state index in [1.54, 1.807) is 0 Å². The molecule has 0 radical (unpaired) electrons. The molecule has 2 rings (SSSR count). The first-order valence-electron chi connectivity index (χ1n) is 6.56. The Bertz CT molecular complexity index is 427. The Morgan fingerprint density at radius 2 is 2.00 bits per heavy atom. The quantitative estimate of drug-likeness (QED) is 0.893. The van der Waals surface area contributed by atoms with Crippen molar-refractivity contribution in [3.05, 3.63) is 35.4 Å². The van der Waals surface area contributed by atoms with Gasteiger partial charge in [0.05, 0.1) is 5.92 Å². The van der Waals surface area contributed by atoms with Gasteiger partial charge in [-0.1, -0.05) is 29.8 Å². The summed E-state index contributed by atoms with van der Waals surface area (Å²) in [6.07, 6.45) is 0.757. The highest BCUT2D eigenvalue weighted by Crippen LogP contribution is 2.32. The van der Waals surface area contributed by atoms with Gasteiger partial charge in [-0.05, 0) is 39.3 Å². The molecule has 0 amide bonds. The van der Waals surface area contributed by atoms with E-state index >= 15 is 0 Å². The number of aryl methyl sites for hydroxylation is 1. The van der Waals surface area contributed by atoms with Crippen molar-refractivity contribution in [2.24, 2.45) is 5.92 Å². The number of hydrogen-bond donors (Lipinski definition) is 1. The summed E-state index contributed by atoms with van der Waals surface area (Å²) in [6.45, 7) is 7.13. The van der Waals surface area contributed by atoms with Crippen LogP contribution in [0.4, 0.5) is 0 Å². The predicted molar refractivity (Wildman–Crippen MR) is 71.5 cm³/mol. The third-order valence-corrected chi connectivity index (χ3v) is 4.18. The largest absolute Gasteiger partial charge is 0.481 e. The molecule has 1 aliphatic rings. The molecule has 1 fully saturated rings. The van der Waals surface area contributed by atoms with E-state index in [0.717, 1.165) is 13.0 Å². The zero-order chi connectivity index (χ0) is 13.3. The second-order valence-electron chi connectivity index (χ2n) is 5.30. The summed E-state index contributed by atoms with van der Waals surface area (Å²) in [5.74, 6) is -0.890. The molecule has 1 saturated heterocycles. The SMILES string of the molecule is Cc1ccc(C(C)N2CCC(C(=O)O)C2C)cc1. The number of nitrogens with zero attached hydrogens (tertiary/aromatic N) is 1. The van der Waals surface area contributed by atoms with E-state index in [9.17, 15) is 4.79 Å². The van der Waals surface area contributed by atoms with Gasteiger partial charge in [-0.15, -0.1) is 0 Å². The highest BCUT2D eigenvalue weighted by atomic mass is 16.4. The molecule has 3 unspecified atom stereocenters. The molecule has 3 heteroatoms. The number of aliphatic carboxylic acids is 1. The fourth-order valence-electron chi connectivity index (χ4n) is 2.88. The van der Waals surface area contributed by atoms with Crippen LogP contribution in [0.15, 0.2) is 24.3 Å². The highest BCUT2D eigenvalue weighted by Gasteiger charge is 2.37. The maximum atomic E-state index is 11.1. The highest BCUT2D eigenvalue weighted by molar-refractivity contribution is 5.71. The van der Waals surface area contributed by atoms with Crippen molar-refractivity contribution in [1.82, 2.24) is 4.90 Å². The van der Waals surface area contributed by atoms with Crippen LogP contribution >= 0.6 is 0 Å². The number of likely N-dealkylation sites (tertiary alicyclic amines) is 1. The number of hydrogen-bond acceptors (Lipinski definition) is 2. The Morgan fingerprint density at radius 1 is 1.39 bits per heavy atom. The van der Waals surface area contributed by atoms with Gasteiger partial charge in [0.15, 0.2) is 0 Å². The van der Waals surface area contributed by atoms with Gasteiger partial charge in [-0.2, -0.15) is 0 Å². The van der Waals surface area contributed by atoms with Crippen LogP contribution in [0.1, 0.15) is 37.4 Å². The Hall–Kier alpha value is -1.35. The first kappa shape index (κ1) is 13.1. The zero-order valence-electron chi connectivity index (χ0n) is 11.3. The van der Waals surface area contributed by atoms with Crippen molar-refractivity contribution in [3.63, 3.8) is 0 Å². The van der Waals surface area contributed by atoms with Crippen molar-refractivity contribution in [3.8, 4) is 0 Å². The predicted octanol–water partition coefficient (Wildman–Crippen LogP) is 2.85. The van der Waals surface area contributed by atoms with Crippen LogP contribution in [0.3, 0.4) is 0 Å². The summed E-state index contributed by atoms with van der Waals surface area (Å²) in [5, 5.41) is 9.16. The normalized spacial score (nSPS) is 26.2. The van der Waals surface area contributed by atoms with Crippen molar-refractivity contribution in [2.75, 3.05) is 6.54 Å². The third-order valence-electron chi connectivity index (χ3n) is 4.18. The summed E-state index contributed by atoms with van der Waals surface area (Å²) in [7, 11) is 0. The lowest BCUT2D eigenvalue weighted by Gasteiger charge is -2.30. The van der Waals surface area contributed by atoms with Crippen molar-refractivity contribution >= 4 is 5.97 Å². The maximum absolute atomic E-state index is 11.1. The molecule has 1 heterocycles. The molecule has 3 atom stereocenters. The smallest absolute Gasteiger partial charge is 0.308 e. The molecule has 18 heavy (non-hydrogen) atoms. The molecule has 1 N–H and O–H groups in total. The van der Waals surface area contributed by atoms with E-state index in [4.69, 9.17) is 5.11 Å². The van der Waals surface area contributed by atoms with Crippen LogP contribution in [0.25, 0.3) is 0 Å². The number of carboxylic acid groups (broad SMARTS) is 1. The van der Waals surface area contributed by atoms with Crippen LogP contribution in [0.2, 0.25) is 0 Å². The Labute approximate surface area is 108 Å². The Kier molecular flexibility index (Phi) is 3.71. The van der Waals surface area contributed by atoms with Crippen LogP contribution in [0, 0.1) is 12.8 Å². The summed E-state index contributed by atoms with van der Waals surface area (Å²) >= 11 is 0. The summed E-state index contributed by atoms with van der Waals surface area (Å²) < 4.78 is 0. The second-order valence-corrected chi connectivity index (χ2v) is 5.30. The first-order valence-corrected chi connectivity index (χ1v) is 6.56. The molecule has 0 aliphatic carbocycles. The minimum Gasteiger partial charge on any atom is -0.481 e. The number of rotatable bonds is 3. The Balaban J connectivity index is 2.13. The average Bonchev–Trinajstić information content (AvgIpc) is 2.71. The first-order chi connectivity index (χ1) is 8.50. The zero-order valence-corrected chi connectivity index (χ0v) is 11.3. The molecule has 98 valence electrons. The van der Waals surface area contributed by atoms with Crippen LogP contribution in [-0.2, 0) is 4.79 Å². The van der Waals surface area contributed by atoms with E-state index in [1.165, 1.54) is 11.1 Å². The molecular weight excluding hydrogens is 226 g/mol. The van der Waals surface area contributed by atoms with Crippen molar-refractivity contribution in [1.29, 1.82) is 0 Å². The van der Waals surface area contributed by atoms with Gasteiger partial charge in [-0.25, -0.2) is 0 Å². The lowest BCUT2D eigenvalue weighted by molar-refractivity contribution is -0.142. The summed E-state index contributed by atoms with van der Waals surface area (Å²) in [6, 6.07) is 8.90. The van der Waals surface area contributed by atoms with E-state index in [2.05, 4.69) is 43.0 Å². The van der Waals surface area contributed by atoms with Gasteiger partial charge in [-0.3, -0.25) is 9.69 Å². The second kappa shape index (κ2) is 5.11. The maximum Gasteiger partial charge on any atom is 0.308 e. The van der Waals surface area contributed by atoms with Crippen molar-refractivity contribution in [2.45, 2.75) is 39.3 Å². The lowest BCUT2D eigenvalue weighted by Crippen LogP contribution is -2.34. The molecule has 0 saturated carbocycles. The molecule has 0 bridgehead atoms. The fraction of sp³-hybridized carbons (Fsp3) is 0.533. The molecule has 1 aromatic rings. The minimum atomic E-state index is -0.666. The van der Waals surface area contributed by atoms with Gasteiger partial charge in [0.1, 0.15) is 0 Å². The monoisotopic (exact) mass is 247 g/mol. The number of carboxylic acids is 1. The fourth-order valence-corrected chi connectivity index (χ4v) is 2.88. The molecule has 0 spiro atoms. The van der Waals surface area contributed by atoms with Crippen molar-refractivity contribution < 1.29 is 9.90 Å². The standard InChI is InChI=1S/C15H21NO2/c1-10-4-6-13(7-5-10)11(2)16-9-8-14(12(16)3)15(17)18/h4-7,11-12,14H,8-9H2,1-3H3,(H,17,18). The molecule has 0 aromatic heterocycles. The van der Waals surface area contributed by atoms with Gasteiger partial charge in [0.25, 0.3) is 0 Å².